The Kier molecular flexibility index (Phi) is 3.84. The van der Waals surface area contributed by atoms with Crippen LogP contribution in [-0.4, -0.2) is 17.0 Å². The molecule has 0 aromatic heterocycles. The molecule has 4 heteroatoms. The summed E-state index contributed by atoms with van der Waals surface area (Å²) in [5.41, 5.74) is 3.00. The smallest absolute Gasteiger partial charge is 0.335 e. The average molecular weight is 269 g/mol. The van der Waals surface area contributed by atoms with Crippen LogP contribution in [0.25, 0.3) is 0 Å². The van der Waals surface area contributed by atoms with Gasteiger partial charge in [-0.1, -0.05) is 24.3 Å². The fourth-order valence-corrected chi connectivity index (χ4v) is 2.10. The van der Waals surface area contributed by atoms with E-state index in [1.807, 2.05) is 32.0 Å². The minimum absolute atomic E-state index is 0.143. The fraction of sp³-hybridized carbons (Fsp3) is 0.125. The molecule has 0 aliphatic heterocycles. The molecule has 2 rings (SSSR count). The lowest BCUT2D eigenvalue weighted by molar-refractivity contribution is 0.0696. The van der Waals surface area contributed by atoms with Gasteiger partial charge in [-0.15, -0.1) is 0 Å². The summed E-state index contributed by atoms with van der Waals surface area (Å²) in [6, 6.07) is 11.8. The van der Waals surface area contributed by atoms with Gasteiger partial charge in [-0.3, -0.25) is 4.79 Å². The standard InChI is InChI=1S/C16H15NO3/c1-10-5-3-6-11(2)14(10)15(18)17-13-8-4-7-12(9-13)16(19)20/h3-9H,1-2H3,(H,17,18)(H,19,20). The van der Waals surface area contributed by atoms with Gasteiger partial charge in [0.1, 0.15) is 0 Å². The summed E-state index contributed by atoms with van der Waals surface area (Å²) >= 11 is 0. The number of carbonyl (C=O) groups excluding carboxylic acids is 1. The number of anilines is 1. The summed E-state index contributed by atoms with van der Waals surface area (Å²) in [7, 11) is 0. The van der Waals surface area contributed by atoms with E-state index in [0.717, 1.165) is 11.1 Å². The largest absolute Gasteiger partial charge is 0.478 e. The highest BCUT2D eigenvalue weighted by molar-refractivity contribution is 6.06. The molecule has 0 bridgehead atoms. The molecule has 2 N–H and O–H groups in total. The Balaban J connectivity index is 2.28. The van der Waals surface area contributed by atoms with Crippen LogP contribution in [0.2, 0.25) is 0 Å². The van der Waals surface area contributed by atoms with Gasteiger partial charge in [-0.05, 0) is 43.2 Å². The van der Waals surface area contributed by atoms with E-state index in [-0.39, 0.29) is 11.5 Å². The van der Waals surface area contributed by atoms with Crippen LogP contribution in [0.15, 0.2) is 42.5 Å². The third-order valence-corrected chi connectivity index (χ3v) is 3.08. The van der Waals surface area contributed by atoms with E-state index in [9.17, 15) is 9.59 Å². The van der Waals surface area contributed by atoms with Crippen LogP contribution in [-0.2, 0) is 0 Å². The van der Waals surface area contributed by atoms with Crippen molar-refractivity contribution in [1.82, 2.24) is 0 Å². The van der Waals surface area contributed by atoms with Crippen molar-refractivity contribution in [3.05, 3.63) is 64.7 Å². The van der Waals surface area contributed by atoms with Gasteiger partial charge in [-0.25, -0.2) is 4.79 Å². The molecule has 0 radical (unpaired) electrons. The minimum atomic E-state index is -1.02. The Morgan fingerprint density at radius 2 is 1.60 bits per heavy atom. The normalized spacial score (nSPS) is 10.1. The number of benzene rings is 2. The minimum Gasteiger partial charge on any atom is -0.478 e. The van der Waals surface area contributed by atoms with E-state index in [2.05, 4.69) is 5.32 Å². The molecule has 0 fully saturated rings. The molecule has 102 valence electrons. The molecule has 0 unspecified atom stereocenters. The van der Waals surface area contributed by atoms with Crippen molar-refractivity contribution < 1.29 is 14.7 Å². The van der Waals surface area contributed by atoms with Crippen LogP contribution in [0, 0.1) is 13.8 Å². The summed E-state index contributed by atoms with van der Waals surface area (Å²) in [5.74, 6) is -1.25. The molecule has 0 saturated carbocycles. The molecule has 0 aliphatic carbocycles. The Morgan fingerprint density at radius 3 is 2.20 bits per heavy atom. The molecule has 0 saturated heterocycles. The van der Waals surface area contributed by atoms with Gasteiger partial charge in [0.25, 0.3) is 5.91 Å². The van der Waals surface area contributed by atoms with Crippen molar-refractivity contribution in [2.24, 2.45) is 0 Å². The Labute approximate surface area is 117 Å². The SMILES string of the molecule is Cc1cccc(C)c1C(=O)Nc1cccc(C(=O)O)c1. The predicted molar refractivity (Wildman–Crippen MR) is 77.3 cm³/mol. The summed E-state index contributed by atoms with van der Waals surface area (Å²) in [5, 5.41) is 11.7. The van der Waals surface area contributed by atoms with Crippen molar-refractivity contribution in [3.8, 4) is 0 Å². The maximum Gasteiger partial charge on any atom is 0.335 e. The van der Waals surface area contributed by atoms with Crippen molar-refractivity contribution in [2.75, 3.05) is 5.32 Å². The van der Waals surface area contributed by atoms with E-state index >= 15 is 0 Å². The second-order valence-electron chi connectivity index (χ2n) is 4.61. The molecule has 0 heterocycles. The number of carboxylic acid groups (broad SMARTS) is 1. The average Bonchev–Trinajstić information content (AvgIpc) is 2.38. The highest BCUT2D eigenvalue weighted by Crippen LogP contribution is 2.17. The van der Waals surface area contributed by atoms with Gasteiger partial charge in [0.05, 0.1) is 5.56 Å². The number of hydrogen-bond donors (Lipinski definition) is 2. The molecule has 2 aromatic rings. The lowest BCUT2D eigenvalue weighted by Gasteiger charge is -2.10. The summed E-state index contributed by atoms with van der Waals surface area (Å²) in [6.45, 7) is 3.74. The zero-order chi connectivity index (χ0) is 14.7. The van der Waals surface area contributed by atoms with Gasteiger partial charge >= 0.3 is 5.97 Å². The maximum absolute atomic E-state index is 12.3. The van der Waals surface area contributed by atoms with E-state index in [1.54, 1.807) is 12.1 Å². The van der Waals surface area contributed by atoms with Gasteiger partial charge in [-0.2, -0.15) is 0 Å². The number of carboxylic acids is 1. The van der Waals surface area contributed by atoms with Crippen LogP contribution >= 0.6 is 0 Å². The highest BCUT2D eigenvalue weighted by atomic mass is 16.4. The van der Waals surface area contributed by atoms with Crippen LogP contribution in [0.4, 0.5) is 5.69 Å². The number of aryl methyl sites for hydroxylation is 2. The molecule has 2 aromatic carbocycles. The summed E-state index contributed by atoms with van der Waals surface area (Å²) in [4.78, 5) is 23.2. The Bertz CT molecular complexity index is 657. The Morgan fingerprint density at radius 1 is 1.00 bits per heavy atom. The summed E-state index contributed by atoms with van der Waals surface area (Å²) in [6.07, 6.45) is 0. The topological polar surface area (TPSA) is 66.4 Å². The first-order chi connectivity index (χ1) is 9.49. The Hall–Kier alpha value is -2.62. The molecule has 0 aliphatic rings. The third-order valence-electron chi connectivity index (χ3n) is 3.08. The fourth-order valence-electron chi connectivity index (χ4n) is 2.10. The maximum atomic E-state index is 12.3. The zero-order valence-corrected chi connectivity index (χ0v) is 11.3. The number of hydrogen-bond acceptors (Lipinski definition) is 2. The van der Waals surface area contributed by atoms with Gasteiger partial charge in [0.15, 0.2) is 0 Å². The summed E-state index contributed by atoms with van der Waals surface area (Å²) < 4.78 is 0. The van der Waals surface area contributed by atoms with Crippen molar-refractivity contribution in [3.63, 3.8) is 0 Å². The van der Waals surface area contributed by atoms with Crippen LogP contribution in [0.1, 0.15) is 31.8 Å². The molecule has 4 nitrogen and oxygen atoms in total. The first-order valence-electron chi connectivity index (χ1n) is 6.20. The number of amides is 1. The first kappa shape index (κ1) is 13.8. The van der Waals surface area contributed by atoms with E-state index in [4.69, 9.17) is 5.11 Å². The second-order valence-corrected chi connectivity index (χ2v) is 4.61. The molecule has 0 atom stereocenters. The molecule has 1 amide bonds. The molecular formula is C16H15NO3. The van der Waals surface area contributed by atoms with Gasteiger partial charge < -0.3 is 10.4 Å². The van der Waals surface area contributed by atoms with Crippen LogP contribution in [0.5, 0.6) is 0 Å². The van der Waals surface area contributed by atoms with Crippen LogP contribution < -0.4 is 5.32 Å². The van der Waals surface area contributed by atoms with Gasteiger partial charge in [0.2, 0.25) is 0 Å². The zero-order valence-electron chi connectivity index (χ0n) is 11.3. The predicted octanol–water partition coefficient (Wildman–Crippen LogP) is 3.25. The number of nitrogens with one attached hydrogen (secondary N) is 1. The molecule has 20 heavy (non-hydrogen) atoms. The van der Waals surface area contributed by atoms with Crippen molar-refractivity contribution in [2.45, 2.75) is 13.8 Å². The van der Waals surface area contributed by atoms with Gasteiger partial charge in [0, 0.05) is 11.3 Å². The van der Waals surface area contributed by atoms with E-state index in [1.165, 1.54) is 12.1 Å². The van der Waals surface area contributed by atoms with Crippen molar-refractivity contribution >= 4 is 17.6 Å². The highest BCUT2D eigenvalue weighted by Gasteiger charge is 2.12. The lowest BCUT2D eigenvalue weighted by atomic mass is 10.0. The van der Waals surface area contributed by atoms with Crippen LogP contribution in [0.3, 0.4) is 0 Å². The van der Waals surface area contributed by atoms with Crippen molar-refractivity contribution in [1.29, 1.82) is 0 Å². The quantitative estimate of drug-likeness (QED) is 0.898. The first-order valence-corrected chi connectivity index (χ1v) is 6.20. The lowest BCUT2D eigenvalue weighted by Crippen LogP contribution is -2.15. The molecule has 0 spiro atoms. The van der Waals surface area contributed by atoms with E-state index < -0.39 is 5.97 Å². The number of rotatable bonds is 3. The molecular weight excluding hydrogens is 254 g/mol. The number of carbonyl (C=O) groups is 2. The monoisotopic (exact) mass is 269 g/mol. The second kappa shape index (κ2) is 5.57. The third kappa shape index (κ3) is 2.85. The number of aromatic carboxylic acids is 1. The van der Waals surface area contributed by atoms with E-state index in [0.29, 0.717) is 11.3 Å².